The van der Waals surface area contributed by atoms with Gasteiger partial charge in [0, 0.05) is 26.8 Å². The first-order chi connectivity index (χ1) is 10.1. The number of amides is 2. The average Bonchev–Trinajstić information content (AvgIpc) is 2.93. The quantitative estimate of drug-likeness (QED) is 0.867. The molecule has 2 N–H and O–H groups in total. The van der Waals surface area contributed by atoms with E-state index < -0.39 is 0 Å². The Morgan fingerprint density at radius 2 is 2.43 bits per heavy atom. The summed E-state index contributed by atoms with van der Waals surface area (Å²) in [5.41, 5.74) is 0. The van der Waals surface area contributed by atoms with Crippen LogP contribution in [0.2, 0.25) is 0 Å². The number of furan rings is 1. The van der Waals surface area contributed by atoms with Gasteiger partial charge < -0.3 is 24.5 Å². The Balaban J connectivity index is 1.97. The molecule has 0 spiro atoms. The molecular weight excluding hydrogens is 272 g/mol. The molecule has 21 heavy (non-hydrogen) atoms. The van der Waals surface area contributed by atoms with Crippen molar-refractivity contribution in [2.75, 3.05) is 33.4 Å². The standard InChI is InChI=1S/C15H24N2O4/c1-11-5-6-14(21-11)13(10-20-2)16-15(19)17-7-3-4-12(8-17)9-18/h5-6,12-13,18H,3-4,7-10H2,1-2H3,(H,16,19). The minimum absolute atomic E-state index is 0.128. The van der Waals surface area contributed by atoms with Crippen LogP contribution in [0.1, 0.15) is 30.4 Å². The highest BCUT2D eigenvalue weighted by molar-refractivity contribution is 5.74. The zero-order valence-corrected chi connectivity index (χ0v) is 12.7. The van der Waals surface area contributed by atoms with Crippen LogP contribution < -0.4 is 5.32 Å². The zero-order valence-electron chi connectivity index (χ0n) is 12.7. The number of nitrogens with zero attached hydrogens (tertiary/aromatic N) is 1. The van der Waals surface area contributed by atoms with Gasteiger partial charge in [-0.05, 0) is 37.8 Å². The first-order valence-corrected chi connectivity index (χ1v) is 7.35. The number of urea groups is 1. The molecular formula is C15H24N2O4. The summed E-state index contributed by atoms with van der Waals surface area (Å²) in [4.78, 5) is 14.1. The molecule has 0 aromatic carbocycles. The molecule has 118 valence electrons. The fourth-order valence-corrected chi connectivity index (χ4v) is 2.64. The largest absolute Gasteiger partial charge is 0.464 e. The molecule has 1 aliphatic heterocycles. The molecule has 6 heteroatoms. The van der Waals surface area contributed by atoms with Crippen molar-refractivity contribution in [2.24, 2.45) is 5.92 Å². The van der Waals surface area contributed by atoms with Crippen LogP contribution in [0.4, 0.5) is 4.79 Å². The Bertz CT molecular complexity index is 460. The van der Waals surface area contributed by atoms with E-state index in [-0.39, 0.29) is 24.6 Å². The lowest BCUT2D eigenvalue weighted by Gasteiger charge is -2.32. The van der Waals surface area contributed by atoms with E-state index in [1.807, 2.05) is 19.1 Å². The fraction of sp³-hybridized carbons (Fsp3) is 0.667. The molecule has 6 nitrogen and oxygen atoms in total. The predicted molar refractivity (Wildman–Crippen MR) is 78.0 cm³/mol. The summed E-state index contributed by atoms with van der Waals surface area (Å²) in [6.07, 6.45) is 1.90. The number of carbonyl (C=O) groups is 1. The van der Waals surface area contributed by atoms with Gasteiger partial charge in [0.2, 0.25) is 0 Å². The average molecular weight is 296 g/mol. The number of carbonyl (C=O) groups excluding carboxylic acids is 1. The van der Waals surface area contributed by atoms with E-state index in [0.29, 0.717) is 18.9 Å². The second-order valence-electron chi connectivity index (χ2n) is 5.54. The molecule has 0 aliphatic carbocycles. The topological polar surface area (TPSA) is 74.9 Å². The van der Waals surface area contributed by atoms with Gasteiger partial charge in [-0.2, -0.15) is 0 Å². The molecule has 0 saturated carbocycles. The third-order valence-electron chi connectivity index (χ3n) is 3.80. The van der Waals surface area contributed by atoms with Crippen LogP contribution in [-0.2, 0) is 4.74 Å². The van der Waals surface area contributed by atoms with E-state index in [1.165, 1.54) is 0 Å². The first kappa shape index (κ1) is 15.9. The molecule has 2 rings (SSSR count). The number of nitrogens with one attached hydrogen (secondary N) is 1. The number of likely N-dealkylation sites (tertiary alicyclic amines) is 1. The van der Waals surface area contributed by atoms with Crippen molar-refractivity contribution in [3.8, 4) is 0 Å². The van der Waals surface area contributed by atoms with Crippen LogP contribution in [0.15, 0.2) is 16.5 Å². The number of hydrogen-bond acceptors (Lipinski definition) is 4. The van der Waals surface area contributed by atoms with Gasteiger partial charge in [-0.3, -0.25) is 0 Å². The third-order valence-corrected chi connectivity index (χ3v) is 3.80. The van der Waals surface area contributed by atoms with Crippen molar-refractivity contribution in [3.05, 3.63) is 23.7 Å². The number of aryl methyl sites for hydroxylation is 1. The molecule has 2 atom stereocenters. The molecule has 1 saturated heterocycles. The second-order valence-corrected chi connectivity index (χ2v) is 5.54. The first-order valence-electron chi connectivity index (χ1n) is 7.35. The highest BCUT2D eigenvalue weighted by atomic mass is 16.5. The number of aliphatic hydroxyl groups excluding tert-OH is 1. The van der Waals surface area contributed by atoms with Gasteiger partial charge in [-0.1, -0.05) is 0 Å². The summed E-state index contributed by atoms with van der Waals surface area (Å²) in [6.45, 7) is 3.67. The van der Waals surface area contributed by atoms with Gasteiger partial charge in [0.1, 0.15) is 17.6 Å². The summed E-state index contributed by atoms with van der Waals surface area (Å²) >= 11 is 0. The summed E-state index contributed by atoms with van der Waals surface area (Å²) in [6, 6.07) is 3.29. The minimum Gasteiger partial charge on any atom is -0.464 e. The monoisotopic (exact) mass is 296 g/mol. The summed E-state index contributed by atoms with van der Waals surface area (Å²) in [7, 11) is 1.59. The molecule has 1 aromatic rings. The normalized spacial score (nSPS) is 20.3. The Hall–Kier alpha value is -1.53. The maximum atomic E-state index is 12.4. The van der Waals surface area contributed by atoms with Crippen molar-refractivity contribution in [3.63, 3.8) is 0 Å². The molecule has 0 bridgehead atoms. The molecule has 1 aliphatic rings. The highest BCUT2D eigenvalue weighted by Crippen LogP contribution is 2.19. The lowest BCUT2D eigenvalue weighted by Crippen LogP contribution is -2.47. The lowest BCUT2D eigenvalue weighted by atomic mass is 9.99. The van der Waals surface area contributed by atoms with Gasteiger partial charge in [0.15, 0.2) is 0 Å². The number of aliphatic hydroxyl groups is 1. The molecule has 0 radical (unpaired) electrons. The van der Waals surface area contributed by atoms with E-state index in [1.54, 1.807) is 12.0 Å². The molecule has 2 amide bonds. The van der Waals surface area contributed by atoms with Crippen LogP contribution in [0.3, 0.4) is 0 Å². The lowest BCUT2D eigenvalue weighted by molar-refractivity contribution is 0.118. The van der Waals surface area contributed by atoms with Crippen molar-refractivity contribution in [2.45, 2.75) is 25.8 Å². The smallest absolute Gasteiger partial charge is 0.318 e. The zero-order chi connectivity index (χ0) is 15.2. The maximum Gasteiger partial charge on any atom is 0.318 e. The number of piperidine rings is 1. The van der Waals surface area contributed by atoms with Crippen molar-refractivity contribution in [1.29, 1.82) is 0 Å². The highest BCUT2D eigenvalue weighted by Gasteiger charge is 2.26. The van der Waals surface area contributed by atoms with Crippen molar-refractivity contribution in [1.82, 2.24) is 10.2 Å². The molecule has 2 unspecified atom stereocenters. The van der Waals surface area contributed by atoms with Gasteiger partial charge in [-0.25, -0.2) is 4.79 Å². The number of rotatable bonds is 5. The van der Waals surface area contributed by atoms with Crippen LogP contribution in [0.25, 0.3) is 0 Å². The van der Waals surface area contributed by atoms with E-state index >= 15 is 0 Å². The van der Waals surface area contributed by atoms with E-state index in [4.69, 9.17) is 9.15 Å². The molecule has 1 aromatic heterocycles. The Morgan fingerprint density at radius 3 is 3.05 bits per heavy atom. The number of ether oxygens (including phenoxy) is 1. The molecule has 2 heterocycles. The fourth-order valence-electron chi connectivity index (χ4n) is 2.64. The summed E-state index contributed by atoms with van der Waals surface area (Å²) in [5, 5.41) is 12.2. The minimum atomic E-state index is -0.300. The SMILES string of the molecule is COCC(NC(=O)N1CCCC(CO)C1)c1ccc(C)o1. The van der Waals surface area contributed by atoms with Gasteiger partial charge >= 0.3 is 6.03 Å². The van der Waals surface area contributed by atoms with Crippen LogP contribution >= 0.6 is 0 Å². The van der Waals surface area contributed by atoms with Crippen LogP contribution in [0, 0.1) is 12.8 Å². The van der Waals surface area contributed by atoms with Gasteiger partial charge in [0.25, 0.3) is 0 Å². The Morgan fingerprint density at radius 1 is 1.62 bits per heavy atom. The summed E-state index contributed by atoms with van der Waals surface area (Å²) in [5.74, 6) is 1.67. The van der Waals surface area contributed by atoms with Crippen LogP contribution in [0.5, 0.6) is 0 Å². The van der Waals surface area contributed by atoms with Gasteiger partial charge in [0.05, 0.1) is 6.61 Å². The predicted octanol–water partition coefficient (Wildman–Crippen LogP) is 1.69. The Labute approximate surface area is 125 Å². The number of methoxy groups -OCH3 is 1. The summed E-state index contributed by atoms with van der Waals surface area (Å²) < 4.78 is 10.7. The molecule has 1 fully saturated rings. The van der Waals surface area contributed by atoms with Crippen molar-refractivity contribution < 1.29 is 19.1 Å². The maximum absolute atomic E-state index is 12.4. The Kier molecular flexibility index (Phi) is 5.64. The second kappa shape index (κ2) is 7.47. The van der Waals surface area contributed by atoms with E-state index in [9.17, 15) is 9.90 Å². The number of hydrogen-bond donors (Lipinski definition) is 2. The van der Waals surface area contributed by atoms with E-state index in [2.05, 4.69) is 5.32 Å². The van der Waals surface area contributed by atoms with Gasteiger partial charge in [-0.15, -0.1) is 0 Å². The van der Waals surface area contributed by atoms with E-state index in [0.717, 1.165) is 25.1 Å². The van der Waals surface area contributed by atoms with Crippen molar-refractivity contribution >= 4 is 6.03 Å². The third kappa shape index (κ3) is 4.22. The van der Waals surface area contributed by atoms with Crippen LogP contribution in [-0.4, -0.2) is 49.5 Å².